The van der Waals surface area contributed by atoms with Gasteiger partial charge in [-0.05, 0) is 18.1 Å². The standard InChI is InChI=1S/C19H15N3O6/c1-2-28-18(23)19(11-20)16(12-6-8-14(9-7-12)21(24)25)17(19)13-4-3-5-15(10-13)22(26)27/h3-10,16-17H,2H2,1H3. The van der Waals surface area contributed by atoms with Crippen molar-refractivity contribution in [2.45, 2.75) is 18.8 Å². The number of carbonyl (C=O) groups excluding carboxylic acids is 1. The smallest absolute Gasteiger partial charge is 0.327 e. The Hall–Kier alpha value is -3.80. The maximum atomic E-state index is 12.6. The first-order valence-electron chi connectivity index (χ1n) is 8.44. The zero-order chi connectivity index (χ0) is 20.5. The van der Waals surface area contributed by atoms with Crippen LogP contribution in [0.4, 0.5) is 11.4 Å². The van der Waals surface area contributed by atoms with Gasteiger partial charge in [0, 0.05) is 36.1 Å². The lowest BCUT2D eigenvalue weighted by Crippen LogP contribution is -2.20. The fourth-order valence-electron chi connectivity index (χ4n) is 3.62. The fraction of sp³-hybridized carbons (Fsp3) is 0.263. The van der Waals surface area contributed by atoms with Gasteiger partial charge >= 0.3 is 5.97 Å². The highest BCUT2D eigenvalue weighted by atomic mass is 16.6. The molecule has 0 aromatic heterocycles. The van der Waals surface area contributed by atoms with E-state index in [-0.39, 0.29) is 18.0 Å². The molecule has 0 saturated heterocycles. The number of ether oxygens (including phenoxy) is 1. The predicted molar refractivity (Wildman–Crippen MR) is 96.4 cm³/mol. The van der Waals surface area contributed by atoms with E-state index in [4.69, 9.17) is 4.74 Å². The second-order valence-electron chi connectivity index (χ2n) is 6.36. The van der Waals surface area contributed by atoms with Crippen molar-refractivity contribution < 1.29 is 19.4 Å². The van der Waals surface area contributed by atoms with E-state index in [0.29, 0.717) is 11.1 Å². The molecule has 1 saturated carbocycles. The minimum Gasteiger partial charge on any atom is -0.465 e. The summed E-state index contributed by atoms with van der Waals surface area (Å²) in [7, 11) is 0. The molecule has 0 aliphatic heterocycles. The Balaban J connectivity index is 2.08. The van der Waals surface area contributed by atoms with Gasteiger partial charge in [0.25, 0.3) is 11.4 Å². The first-order chi connectivity index (χ1) is 13.4. The van der Waals surface area contributed by atoms with Crippen molar-refractivity contribution in [3.8, 4) is 6.07 Å². The van der Waals surface area contributed by atoms with E-state index in [1.54, 1.807) is 13.0 Å². The van der Waals surface area contributed by atoms with Crippen molar-refractivity contribution in [3.63, 3.8) is 0 Å². The summed E-state index contributed by atoms with van der Waals surface area (Å²) in [5, 5.41) is 31.8. The molecule has 0 radical (unpaired) electrons. The summed E-state index contributed by atoms with van der Waals surface area (Å²) in [5.74, 6) is -1.99. The highest BCUT2D eigenvalue weighted by Crippen LogP contribution is 2.70. The second-order valence-corrected chi connectivity index (χ2v) is 6.36. The average molecular weight is 381 g/mol. The number of esters is 1. The SMILES string of the molecule is CCOC(=O)C1(C#N)C(c2ccc([N+](=O)[O-])cc2)C1c1cccc([N+](=O)[O-])c1. The molecule has 3 atom stereocenters. The summed E-state index contributed by atoms with van der Waals surface area (Å²) >= 11 is 0. The van der Waals surface area contributed by atoms with Crippen molar-refractivity contribution in [2.75, 3.05) is 6.61 Å². The maximum absolute atomic E-state index is 12.6. The van der Waals surface area contributed by atoms with E-state index in [9.17, 15) is 30.3 Å². The Kier molecular flexibility index (Phi) is 4.79. The molecule has 1 fully saturated rings. The molecule has 1 aliphatic rings. The summed E-state index contributed by atoms with van der Waals surface area (Å²) in [6.07, 6.45) is 0. The molecule has 0 spiro atoms. The van der Waals surface area contributed by atoms with Crippen molar-refractivity contribution in [2.24, 2.45) is 5.41 Å². The minimum atomic E-state index is -1.54. The summed E-state index contributed by atoms with van der Waals surface area (Å²) in [6, 6.07) is 13.4. The summed E-state index contributed by atoms with van der Waals surface area (Å²) in [5.41, 5.74) is -0.789. The monoisotopic (exact) mass is 381 g/mol. The number of nitrogens with zero attached hydrogens (tertiary/aromatic N) is 3. The number of rotatable bonds is 6. The molecule has 0 bridgehead atoms. The van der Waals surface area contributed by atoms with E-state index in [0.717, 1.165) is 0 Å². The number of nitro groups is 2. The van der Waals surface area contributed by atoms with Gasteiger partial charge < -0.3 is 4.74 Å². The molecular formula is C19H15N3O6. The van der Waals surface area contributed by atoms with Gasteiger partial charge in [0.15, 0.2) is 5.41 Å². The first kappa shape index (κ1) is 19.0. The van der Waals surface area contributed by atoms with Crippen LogP contribution in [-0.2, 0) is 9.53 Å². The molecule has 9 nitrogen and oxygen atoms in total. The van der Waals surface area contributed by atoms with Crippen LogP contribution in [0.15, 0.2) is 48.5 Å². The summed E-state index contributed by atoms with van der Waals surface area (Å²) in [6.45, 7) is 1.70. The predicted octanol–water partition coefficient (Wildman–Crippen LogP) is 3.46. The van der Waals surface area contributed by atoms with Crippen LogP contribution in [0.1, 0.15) is 29.9 Å². The van der Waals surface area contributed by atoms with Gasteiger partial charge in [-0.1, -0.05) is 24.3 Å². The second kappa shape index (κ2) is 7.08. The van der Waals surface area contributed by atoms with Gasteiger partial charge in [-0.3, -0.25) is 25.0 Å². The Labute approximate surface area is 159 Å². The summed E-state index contributed by atoms with van der Waals surface area (Å²) < 4.78 is 5.10. The van der Waals surface area contributed by atoms with Crippen LogP contribution in [0.3, 0.4) is 0 Å². The third kappa shape index (κ3) is 2.95. The van der Waals surface area contributed by atoms with Crippen LogP contribution in [0.5, 0.6) is 0 Å². The first-order valence-corrected chi connectivity index (χ1v) is 8.44. The fourth-order valence-corrected chi connectivity index (χ4v) is 3.62. The van der Waals surface area contributed by atoms with Crippen molar-refractivity contribution in [1.82, 2.24) is 0 Å². The van der Waals surface area contributed by atoms with Crippen LogP contribution in [-0.4, -0.2) is 22.4 Å². The van der Waals surface area contributed by atoms with Gasteiger partial charge in [-0.2, -0.15) is 5.26 Å². The van der Waals surface area contributed by atoms with E-state index >= 15 is 0 Å². The van der Waals surface area contributed by atoms with Crippen molar-refractivity contribution in [3.05, 3.63) is 79.9 Å². The molecule has 2 aromatic carbocycles. The van der Waals surface area contributed by atoms with Crippen LogP contribution >= 0.6 is 0 Å². The molecule has 142 valence electrons. The number of benzene rings is 2. The number of nitriles is 1. The van der Waals surface area contributed by atoms with Crippen molar-refractivity contribution in [1.29, 1.82) is 5.26 Å². The minimum absolute atomic E-state index is 0.0803. The Morgan fingerprint density at radius 3 is 2.21 bits per heavy atom. The summed E-state index contributed by atoms with van der Waals surface area (Å²) in [4.78, 5) is 33.5. The third-order valence-corrected chi connectivity index (χ3v) is 4.91. The normalized spacial score (nSPS) is 22.7. The topological polar surface area (TPSA) is 136 Å². The zero-order valence-corrected chi connectivity index (χ0v) is 14.8. The quantitative estimate of drug-likeness (QED) is 0.424. The number of hydrogen-bond donors (Lipinski definition) is 0. The highest BCUT2D eigenvalue weighted by Gasteiger charge is 2.72. The molecule has 0 amide bonds. The lowest BCUT2D eigenvalue weighted by molar-refractivity contribution is -0.385. The number of nitro benzene ring substituents is 2. The lowest BCUT2D eigenvalue weighted by atomic mass is 9.99. The molecule has 0 heterocycles. The average Bonchev–Trinajstić information content (AvgIpc) is 3.38. The molecular weight excluding hydrogens is 366 g/mol. The molecule has 28 heavy (non-hydrogen) atoms. The van der Waals surface area contributed by atoms with Crippen molar-refractivity contribution >= 4 is 17.3 Å². The van der Waals surface area contributed by atoms with Gasteiger partial charge in [0.2, 0.25) is 0 Å². The largest absolute Gasteiger partial charge is 0.465 e. The van der Waals surface area contributed by atoms with Crippen LogP contribution in [0, 0.1) is 37.0 Å². The molecule has 9 heteroatoms. The van der Waals surface area contributed by atoms with E-state index in [2.05, 4.69) is 0 Å². The number of non-ortho nitro benzene ring substituents is 2. The molecule has 3 rings (SSSR count). The van der Waals surface area contributed by atoms with Gasteiger partial charge in [-0.15, -0.1) is 0 Å². The number of hydrogen-bond acceptors (Lipinski definition) is 7. The van der Waals surface area contributed by atoms with Crippen LogP contribution in [0.25, 0.3) is 0 Å². The Bertz CT molecular complexity index is 997. The third-order valence-electron chi connectivity index (χ3n) is 4.91. The van der Waals surface area contributed by atoms with Crippen LogP contribution < -0.4 is 0 Å². The molecule has 1 aliphatic carbocycles. The molecule has 3 unspecified atom stereocenters. The van der Waals surface area contributed by atoms with Gasteiger partial charge in [0.05, 0.1) is 22.5 Å². The zero-order valence-electron chi connectivity index (χ0n) is 14.8. The highest BCUT2D eigenvalue weighted by molar-refractivity contribution is 5.89. The number of carbonyl (C=O) groups is 1. The Morgan fingerprint density at radius 1 is 1.07 bits per heavy atom. The van der Waals surface area contributed by atoms with E-state index < -0.39 is 33.1 Å². The van der Waals surface area contributed by atoms with Gasteiger partial charge in [0.1, 0.15) is 0 Å². The van der Waals surface area contributed by atoms with E-state index in [1.807, 2.05) is 6.07 Å². The maximum Gasteiger partial charge on any atom is 0.327 e. The molecule has 2 aromatic rings. The molecule has 0 N–H and O–H groups in total. The lowest BCUT2D eigenvalue weighted by Gasteiger charge is -2.08. The van der Waals surface area contributed by atoms with Crippen LogP contribution in [0.2, 0.25) is 0 Å². The van der Waals surface area contributed by atoms with Gasteiger partial charge in [-0.25, -0.2) is 0 Å². The van der Waals surface area contributed by atoms with E-state index in [1.165, 1.54) is 42.5 Å². The Morgan fingerprint density at radius 2 is 1.68 bits per heavy atom.